The third-order valence-corrected chi connectivity index (χ3v) is 2.53. The molecule has 4 nitrogen and oxygen atoms in total. The average Bonchev–Trinajstić information content (AvgIpc) is 2.77. The molecular weight excluding hydrogens is 214 g/mol. The second-order valence-corrected chi connectivity index (χ2v) is 3.98. The summed E-state index contributed by atoms with van der Waals surface area (Å²) >= 11 is 0. The van der Waals surface area contributed by atoms with E-state index in [0.29, 0.717) is 24.3 Å². The quantitative estimate of drug-likeness (QED) is 0.806. The van der Waals surface area contributed by atoms with E-state index in [1.165, 1.54) is 0 Å². The summed E-state index contributed by atoms with van der Waals surface area (Å²) in [5.41, 5.74) is 7.64. The summed E-state index contributed by atoms with van der Waals surface area (Å²) in [5.74, 6) is -0.0514. The van der Waals surface area contributed by atoms with Crippen molar-refractivity contribution in [3.63, 3.8) is 0 Å². The summed E-state index contributed by atoms with van der Waals surface area (Å²) in [6.45, 7) is 3.17. The van der Waals surface area contributed by atoms with Gasteiger partial charge < -0.3 is 10.3 Å². The van der Waals surface area contributed by atoms with E-state index in [4.69, 9.17) is 5.73 Å². The normalized spacial score (nSPS) is 10.5. The van der Waals surface area contributed by atoms with E-state index < -0.39 is 0 Å². The van der Waals surface area contributed by atoms with Crippen LogP contribution in [0.5, 0.6) is 0 Å². The Morgan fingerprint density at radius 3 is 3.00 bits per heavy atom. The molecule has 0 aliphatic rings. The molecule has 88 valence electrons. The van der Waals surface area contributed by atoms with Crippen LogP contribution in [0.3, 0.4) is 0 Å². The molecular formula is C13H15N3O. The van der Waals surface area contributed by atoms with E-state index in [0.717, 1.165) is 5.56 Å². The molecule has 4 heteroatoms. The predicted octanol–water partition coefficient (Wildman–Crippen LogP) is 1.38. The number of rotatable bonds is 4. The van der Waals surface area contributed by atoms with Crippen molar-refractivity contribution in [2.24, 2.45) is 5.73 Å². The molecule has 0 spiro atoms. The molecule has 17 heavy (non-hydrogen) atoms. The van der Waals surface area contributed by atoms with Crippen molar-refractivity contribution >= 4 is 5.78 Å². The zero-order chi connectivity index (χ0) is 12.3. The topological polar surface area (TPSA) is 60.9 Å². The summed E-state index contributed by atoms with van der Waals surface area (Å²) in [7, 11) is 0. The maximum absolute atomic E-state index is 12.1. The van der Waals surface area contributed by atoms with Crippen LogP contribution in [0.25, 0.3) is 0 Å². The number of carbonyl (C=O) groups excluding carboxylic acids is 1. The lowest BCUT2D eigenvalue weighted by molar-refractivity contribution is 0.103. The molecule has 0 bridgehead atoms. The van der Waals surface area contributed by atoms with Gasteiger partial charge >= 0.3 is 0 Å². The van der Waals surface area contributed by atoms with Crippen molar-refractivity contribution in [1.29, 1.82) is 0 Å². The first-order valence-corrected chi connectivity index (χ1v) is 5.54. The summed E-state index contributed by atoms with van der Waals surface area (Å²) in [4.78, 5) is 16.2. The largest absolute Gasteiger partial charge is 0.335 e. The predicted molar refractivity (Wildman–Crippen MR) is 65.9 cm³/mol. The Morgan fingerprint density at radius 2 is 2.29 bits per heavy atom. The number of aromatic nitrogens is 2. The zero-order valence-corrected chi connectivity index (χ0v) is 9.76. The number of hydrogen-bond donors (Lipinski definition) is 1. The molecule has 0 atom stereocenters. The lowest BCUT2D eigenvalue weighted by Crippen LogP contribution is -2.08. The van der Waals surface area contributed by atoms with E-state index in [1.807, 2.05) is 29.7 Å². The van der Waals surface area contributed by atoms with Crippen LogP contribution in [0.1, 0.15) is 21.6 Å². The number of aryl methyl sites for hydroxylation is 1. The molecule has 0 fully saturated rings. The van der Waals surface area contributed by atoms with Gasteiger partial charge in [0.1, 0.15) is 5.69 Å². The highest BCUT2D eigenvalue weighted by Crippen LogP contribution is 2.09. The van der Waals surface area contributed by atoms with Gasteiger partial charge in [0.25, 0.3) is 0 Å². The Kier molecular flexibility index (Phi) is 3.35. The highest BCUT2D eigenvalue weighted by Gasteiger charge is 2.11. The Hall–Kier alpha value is -1.94. The number of nitrogens with zero attached hydrogens (tertiary/aromatic N) is 2. The SMILES string of the molecule is Cc1cccc(C(=O)c2cn(CCN)cn2)c1. The lowest BCUT2D eigenvalue weighted by Gasteiger charge is -1.99. The van der Waals surface area contributed by atoms with Gasteiger partial charge in [0, 0.05) is 24.8 Å². The lowest BCUT2D eigenvalue weighted by atomic mass is 10.1. The summed E-state index contributed by atoms with van der Waals surface area (Å²) in [5, 5.41) is 0. The third kappa shape index (κ3) is 2.60. The first-order valence-electron chi connectivity index (χ1n) is 5.54. The highest BCUT2D eigenvalue weighted by molar-refractivity contribution is 6.07. The van der Waals surface area contributed by atoms with Crippen LogP contribution in [0.2, 0.25) is 0 Å². The van der Waals surface area contributed by atoms with E-state index in [9.17, 15) is 4.79 Å². The number of ketones is 1. The van der Waals surface area contributed by atoms with E-state index in [-0.39, 0.29) is 5.78 Å². The average molecular weight is 229 g/mol. The molecule has 0 saturated heterocycles. The fraction of sp³-hybridized carbons (Fsp3) is 0.231. The third-order valence-electron chi connectivity index (χ3n) is 2.53. The van der Waals surface area contributed by atoms with Crippen LogP contribution in [0.4, 0.5) is 0 Å². The number of imidazole rings is 1. The smallest absolute Gasteiger partial charge is 0.212 e. The van der Waals surface area contributed by atoms with E-state index in [2.05, 4.69) is 4.98 Å². The van der Waals surface area contributed by atoms with Gasteiger partial charge in [0.2, 0.25) is 5.78 Å². The molecule has 0 aliphatic heterocycles. The summed E-state index contributed by atoms with van der Waals surface area (Å²) in [6, 6.07) is 7.50. The van der Waals surface area contributed by atoms with Crippen LogP contribution >= 0.6 is 0 Å². The number of hydrogen-bond acceptors (Lipinski definition) is 3. The van der Waals surface area contributed by atoms with Crippen molar-refractivity contribution in [1.82, 2.24) is 9.55 Å². The van der Waals surface area contributed by atoms with Gasteiger partial charge in [-0.25, -0.2) is 4.98 Å². The zero-order valence-electron chi connectivity index (χ0n) is 9.76. The summed E-state index contributed by atoms with van der Waals surface area (Å²) < 4.78 is 1.82. The van der Waals surface area contributed by atoms with Crippen LogP contribution in [0.15, 0.2) is 36.8 Å². The molecule has 0 amide bonds. The van der Waals surface area contributed by atoms with Gasteiger partial charge in [-0.05, 0) is 13.0 Å². The fourth-order valence-corrected chi connectivity index (χ4v) is 1.68. The second kappa shape index (κ2) is 4.93. The Labute approximate surface area is 100 Å². The molecule has 0 saturated carbocycles. The van der Waals surface area contributed by atoms with Gasteiger partial charge in [-0.1, -0.05) is 23.8 Å². The van der Waals surface area contributed by atoms with Crippen LogP contribution in [-0.2, 0) is 6.54 Å². The number of carbonyl (C=O) groups is 1. The second-order valence-electron chi connectivity index (χ2n) is 3.98. The fourth-order valence-electron chi connectivity index (χ4n) is 1.68. The summed E-state index contributed by atoms with van der Waals surface area (Å²) in [6.07, 6.45) is 3.37. The van der Waals surface area contributed by atoms with Gasteiger partial charge in [-0.15, -0.1) is 0 Å². The monoisotopic (exact) mass is 229 g/mol. The standard InChI is InChI=1S/C13H15N3O/c1-10-3-2-4-11(7-10)13(17)12-8-16(6-5-14)9-15-12/h2-4,7-9H,5-6,14H2,1H3. The Balaban J connectivity index is 2.24. The van der Waals surface area contributed by atoms with Crippen molar-refractivity contribution in [2.45, 2.75) is 13.5 Å². The minimum absolute atomic E-state index is 0.0514. The van der Waals surface area contributed by atoms with Crippen LogP contribution < -0.4 is 5.73 Å². The maximum atomic E-state index is 12.1. The molecule has 1 aromatic carbocycles. The number of benzene rings is 1. The Morgan fingerprint density at radius 1 is 1.47 bits per heavy atom. The van der Waals surface area contributed by atoms with E-state index in [1.54, 1.807) is 18.6 Å². The van der Waals surface area contributed by atoms with Crippen LogP contribution in [0, 0.1) is 6.92 Å². The van der Waals surface area contributed by atoms with Crippen LogP contribution in [-0.4, -0.2) is 21.9 Å². The van der Waals surface area contributed by atoms with Gasteiger partial charge in [-0.2, -0.15) is 0 Å². The molecule has 2 aromatic rings. The van der Waals surface area contributed by atoms with Gasteiger partial charge in [0.05, 0.1) is 6.33 Å². The first kappa shape index (κ1) is 11.5. The van der Waals surface area contributed by atoms with Gasteiger partial charge in [0.15, 0.2) is 0 Å². The van der Waals surface area contributed by atoms with Crippen molar-refractivity contribution in [3.8, 4) is 0 Å². The number of nitrogens with two attached hydrogens (primary N) is 1. The minimum atomic E-state index is -0.0514. The molecule has 1 heterocycles. The van der Waals surface area contributed by atoms with Gasteiger partial charge in [-0.3, -0.25) is 4.79 Å². The molecule has 0 unspecified atom stereocenters. The van der Waals surface area contributed by atoms with Crippen molar-refractivity contribution in [2.75, 3.05) is 6.54 Å². The maximum Gasteiger partial charge on any atom is 0.212 e. The first-order chi connectivity index (χ1) is 8.20. The minimum Gasteiger partial charge on any atom is -0.335 e. The van der Waals surface area contributed by atoms with Crippen molar-refractivity contribution < 1.29 is 4.79 Å². The molecule has 0 aliphatic carbocycles. The van der Waals surface area contributed by atoms with E-state index >= 15 is 0 Å². The highest BCUT2D eigenvalue weighted by atomic mass is 16.1. The Bertz CT molecular complexity index is 531. The molecule has 0 radical (unpaired) electrons. The molecule has 2 N–H and O–H groups in total. The molecule has 1 aromatic heterocycles. The molecule has 2 rings (SSSR count). The van der Waals surface area contributed by atoms with Crippen molar-refractivity contribution in [3.05, 3.63) is 53.6 Å².